The summed E-state index contributed by atoms with van der Waals surface area (Å²) in [7, 11) is 0. The SMILES string of the molecule is OC1CC(CNCc2cccc3cnccc23)C1. The van der Waals surface area contributed by atoms with Gasteiger partial charge < -0.3 is 10.4 Å². The van der Waals surface area contributed by atoms with Gasteiger partial charge in [0.1, 0.15) is 0 Å². The molecule has 1 aliphatic rings. The van der Waals surface area contributed by atoms with Gasteiger partial charge in [-0.2, -0.15) is 0 Å². The number of benzene rings is 1. The van der Waals surface area contributed by atoms with Gasteiger partial charge in [0.05, 0.1) is 6.10 Å². The lowest BCUT2D eigenvalue weighted by Gasteiger charge is -2.31. The molecule has 1 saturated carbocycles. The molecule has 94 valence electrons. The number of nitrogens with zero attached hydrogens (tertiary/aromatic N) is 1. The zero-order valence-electron chi connectivity index (χ0n) is 10.3. The molecule has 3 rings (SSSR count). The largest absolute Gasteiger partial charge is 0.393 e. The molecule has 1 aliphatic carbocycles. The minimum Gasteiger partial charge on any atom is -0.393 e. The van der Waals surface area contributed by atoms with Gasteiger partial charge in [-0.3, -0.25) is 4.98 Å². The summed E-state index contributed by atoms with van der Waals surface area (Å²) in [4.78, 5) is 4.15. The van der Waals surface area contributed by atoms with E-state index < -0.39 is 0 Å². The van der Waals surface area contributed by atoms with Gasteiger partial charge in [0.15, 0.2) is 0 Å². The molecule has 1 heterocycles. The monoisotopic (exact) mass is 242 g/mol. The maximum atomic E-state index is 9.24. The molecule has 18 heavy (non-hydrogen) atoms. The summed E-state index contributed by atoms with van der Waals surface area (Å²) >= 11 is 0. The number of pyridine rings is 1. The van der Waals surface area contributed by atoms with Crippen molar-refractivity contribution in [2.75, 3.05) is 6.54 Å². The maximum Gasteiger partial charge on any atom is 0.0546 e. The van der Waals surface area contributed by atoms with Gasteiger partial charge in [0.2, 0.25) is 0 Å². The Bertz CT molecular complexity index is 530. The van der Waals surface area contributed by atoms with Gasteiger partial charge in [-0.05, 0) is 42.3 Å². The van der Waals surface area contributed by atoms with Gasteiger partial charge >= 0.3 is 0 Å². The van der Waals surface area contributed by atoms with Crippen molar-refractivity contribution in [2.24, 2.45) is 5.92 Å². The van der Waals surface area contributed by atoms with Gasteiger partial charge in [0.25, 0.3) is 0 Å². The minimum atomic E-state index is -0.0552. The van der Waals surface area contributed by atoms with Crippen LogP contribution in [0.5, 0.6) is 0 Å². The third-order valence-electron chi connectivity index (χ3n) is 3.73. The number of hydrogen-bond donors (Lipinski definition) is 2. The molecule has 2 N–H and O–H groups in total. The third kappa shape index (κ3) is 2.37. The Kier molecular flexibility index (Phi) is 3.26. The second kappa shape index (κ2) is 5.04. The van der Waals surface area contributed by atoms with Gasteiger partial charge in [0, 0.05) is 24.3 Å². The molecule has 0 aliphatic heterocycles. The van der Waals surface area contributed by atoms with Crippen molar-refractivity contribution in [3.63, 3.8) is 0 Å². The van der Waals surface area contributed by atoms with Crippen molar-refractivity contribution in [3.8, 4) is 0 Å². The molecule has 1 fully saturated rings. The number of aliphatic hydroxyl groups excluding tert-OH is 1. The van der Waals surface area contributed by atoms with Crippen molar-refractivity contribution >= 4 is 10.8 Å². The average molecular weight is 242 g/mol. The van der Waals surface area contributed by atoms with Crippen LogP contribution in [0.15, 0.2) is 36.7 Å². The number of aromatic nitrogens is 1. The molecule has 0 saturated heterocycles. The quantitative estimate of drug-likeness (QED) is 0.863. The van der Waals surface area contributed by atoms with E-state index in [9.17, 15) is 5.11 Å². The molecule has 0 bridgehead atoms. The first-order valence-electron chi connectivity index (χ1n) is 6.53. The molecule has 0 atom stereocenters. The summed E-state index contributed by atoms with van der Waals surface area (Å²) in [5.74, 6) is 0.650. The van der Waals surface area contributed by atoms with E-state index >= 15 is 0 Å². The van der Waals surface area contributed by atoms with Crippen LogP contribution in [-0.2, 0) is 6.54 Å². The van der Waals surface area contributed by atoms with Crippen molar-refractivity contribution < 1.29 is 5.11 Å². The van der Waals surface area contributed by atoms with E-state index in [1.54, 1.807) is 0 Å². The minimum absolute atomic E-state index is 0.0552. The Labute approximate surface area is 107 Å². The molecule has 3 heteroatoms. The average Bonchev–Trinajstić information content (AvgIpc) is 2.37. The second-order valence-electron chi connectivity index (χ2n) is 5.14. The second-order valence-corrected chi connectivity index (χ2v) is 5.14. The van der Waals surface area contributed by atoms with Crippen LogP contribution >= 0.6 is 0 Å². The summed E-state index contributed by atoms with van der Waals surface area (Å²) < 4.78 is 0. The fourth-order valence-electron chi connectivity index (χ4n) is 2.62. The summed E-state index contributed by atoms with van der Waals surface area (Å²) in [6.07, 6.45) is 5.59. The fourth-order valence-corrected chi connectivity index (χ4v) is 2.62. The standard InChI is InChI=1S/C15H18N2O/c18-14-6-11(7-14)8-17-10-13-3-1-2-12-9-16-5-4-15(12)13/h1-5,9,11,14,17-18H,6-8,10H2. The Morgan fingerprint density at radius 3 is 3.00 bits per heavy atom. The highest BCUT2D eigenvalue weighted by Crippen LogP contribution is 2.26. The van der Waals surface area contributed by atoms with E-state index in [0.29, 0.717) is 5.92 Å². The highest BCUT2D eigenvalue weighted by molar-refractivity contribution is 5.84. The van der Waals surface area contributed by atoms with E-state index in [1.807, 2.05) is 12.4 Å². The van der Waals surface area contributed by atoms with Gasteiger partial charge in [-0.25, -0.2) is 0 Å². The number of nitrogens with one attached hydrogen (secondary N) is 1. The van der Waals surface area contributed by atoms with Crippen molar-refractivity contribution in [1.29, 1.82) is 0 Å². The van der Waals surface area contributed by atoms with Crippen LogP contribution in [0.3, 0.4) is 0 Å². The van der Waals surface area contributed by atoms with Crippen LogP contribution in [0.1, 0.15) is 18.4 Å². The predicted molar refractivity (Wildman–Crippen MR) is 72.2 cm³/mol. The van der Waals surface area contributed by atoms with Crippen LogP contribution in [0, 0.1) is 5.92 Å². The third-order valence-corrected chi connectivity index (χ3v) is 3.73. The zero-order chi connectivity index (χ0) is 12.4. The number of rotatable bonds is 4. The molecular formula is C15H18N2O. The first-order valence-corrected chi connectivity index (χ1v) is 6.53. The Morgan fingerprint density at radius 1 is 1.28 bits per heavy atom. The first-order chi connectivity index (χ1) is 8.83. The van der Waals surface area contributed by atoms with Gasteiger partial charge in [-0.15, -0.1) is 0 Å². The summed E-state index contributed by atoms with van der Waals surface area (Å²) in [6.45, 7) is 1.88. The highest BCUT2D eigenvalue weighted by Gasteiger charge is 2.26. The number of aliphatic hydroxyl groups is 1. The number of hydrogen-bond acceptors (Lipinski definition) is 3. The molecule has 1 aromatic heterocycles. The topological polar surface area (TPSA) is 45.1 Å². The van der Waals surface area contributed by atoms with Crippen LogP contribution in [-0.4, -0.2) is 22.7 Å². The van der Waals surface area contributed by atoms with E-state index in [2.05, 4.69) is 34.6 Å². The van der Waals surface area contributed by atoms with Crippen LogP contribution in [0.4, 0.5) is 0 Å². The van der Waals surface area contributed by atoms with Gasteiger partial charge in [-0.1, -0.05) is 18.2 Å². The molecule has 3 nitrogen and oxygen atoms in total. The first kappa shape index (κ1) is 11.6. The van der Waals surface area contributed by atoms with Crippen LogP contribution < -0.4 is 5.32 Å². The molecule has 0 amide bonds. The zero-order valence-corrected chi connectivity index (χ0v) is 10.3. The molecule has 0 spiro atoms. The van der Waals surface area contributed by atoms with Crippen molar-refractivity contribution in [3.05, 3.63) is 42.2 Å². The molecular weight excluding hydrogens is 224 g/mol. The predicted octanol–water partition coefficient (Wildman–Crippen LogP) is 2.10. The smallest absolute Gasteiger partial charge is 0.0546 e. The van der Waals surface area contributed by atoms with Crippen LogP contribution in [0.2, 0.25) is 0 Å². The van der Waals surface area contributed by atoms with E-state index in [4.69, 9.17) is 0 Å². The Balaban J connectivity index is 1.64. The summed E-state index contributed by atoms with van der Waals surface area (Å²) in [5.41, 5.74) is 1.31. The lowest BCUT2D eigenvalue weighted by molar-refractivity contribution is 0.0430. The number of fused-ring (bicyclic) bond motifs is 1. The Hall–Kier alpha value is -1.45. The Morgan fingerprint density at radius 2 is 2.17 bits per heavy atom. The molecule has 0 radical (unpaired) electrons. The molecule has 1 aromatic carbocycles. The van der Waals surface area contributed by atoms with E-state index in [1.165, 1.54) is 16.3 Å². The lowest BCUT2D eigenvalue weighted by atomic mass is 9.82. The van der Waals surface area contributed by atoms with E-state index in [0.717, 1.165) is 25.9 Å². The van der Waals surface area contributed by atoms with E-state index in [-0.39, 0.29) is 6.10 Å². The highest BCUT2D eigenvalue weighted by atomic mass is 16.3. The summed E-state index contributed by atoms with van der Waals surface area (Å²) in [5, 5.41) is 15.2. The fraction of sp³-hybridized carbons (Fsp3) is 0.400. The maximum absolute atomic E-state index is 9.24. The normalized spacial score (nSPS) is 22.9. The molecule has 2 aromatic rings. The van der Waals surface area contributed by atoms with Crippen molar-refractivity contribution in [2.45, 2.75) is 25.5 Å². The van der Waals surface area contributed by atoms with Crippen molar-refractivity contribution in [1.82, 2.24) is 10.3 Å². The summed E-state index contributed by atoms with van der Waals surface area (Å²) in [6, 6.07) is 8.40. The lowest BCUT2D eigenvalue weighted by Crippen LogP contribution is -2.35. The van der Waals surface area contributed by atoms with Crippen LogP contribution in [0.25, 0.3) is 10.8 Å². The molecule has 0 unspecified atom stereocenters.